The van der Waals surface area contributed by atoms with E-state index in [-0.39, 0.29) is 33.3 Å². The van der Waals surface area contributed by atoms with Gasteiger partial charge in [-0.2, -0.15) is 28.2 Å². The van der Waals surface area contributed by atoms with Crippen molar-refractivity contribution in [1.82, 2.24) is 0 Å². The van der Waals surface area contributed by atoms with Gasteiger partial charge in [-0.15, -0.1) is 12.1 Å². The fraction of sp³-hybridized carbons (Fsp3) is 0.909. The maximum Gasteiger partial charge on any atom is 4.00 e. The molecule has 0 aliphatic carbocycles. The number of rotatable bonds is 0. The first-order valence-electron chi connectivity index (χ1n) is 4.78. The quantitative estimate of drug-likeness (QED) is 0.456. The van der Waals surface area contributed by atoms with Crippen LogP contribution in [0.1, 0.15) is 26.7 Å². The number of hydrogen-bond donors (Lipinski definition) is 0. The Balaban J connectivity index is -0.0000000665. The van der Waals surface area contributed by atoms with Crippen LogP contribution in [0.15, 0.2) is 0 Å². The van der Waals surface area contributed by atoms with E-state index in [1.807, 2.05) is 0 Å². The van der Waals surface area contributed by atoms with Gasteiger partial charge in [0.25, 0.3) is 0 Å². The SMILES string of the molecule is CC1CCC(C)[N-]1.C[N-]C.C[N-]C.[CH3-].[Hf+4]. The summed E-state index contributed by atoms with van der Waals surface area (Å²) in [6.45, 7) is 4.37. The first-order valence-corrected chi connectivity index (χ1v) is 4.78. The van der Waals surface area contributed by atoms with Crippen molar-refractivity contribution in [2.75, 3.05) is 28.2 Å². The summed E-state index contributed by atoms with van der Waals surface area (Å²) in [7, 11) is 7.00. The van der Waals surface area contributed by atoms with E-state index in [4.69, 9.17) is 0 Å². The zero-order valence-electron chi connectivity index (χ0n) is 11.4. The van der Waals surface area contributed by atoms with Gasteiger partial charge < -0.3 is 23.4 Å². The van der Waals surface area contributed by atoms with E-state index in [9.17, 15) is 0 Å². The molecule has 1 fully saturated rings. The molecule has 0 radical (unpaired) electrons. The van der Waals surface area contributed by atoms with Crippen molar-refractivity contribution >= 4 is 0 Å². The third-order valence-corrected chi connectivity index (χ3v) is 1.51. The van der Waals surface area contributed by atoms with Gasteiger partial charge in [0, 0.05) is 0 Å². The van der Waals surface area contributed by atoms with Crippen LogP contribution < -0.4 is 0 Å². The van der Waals surface area contributed by atoms with Gasteiger partial charge >= 0.3 is 25.8 Å². The van der Waals surface area contributed by atoms with Crippen molar-refractivity contribution in [3.05, 3.63) is 23.4 Å². The zero-order valence-corrected chi connectivity index (χ0v) is 15.0. The molecular formula is C11H27HfN3. The Kier molecular flexibility index (Phi) is 33.4. The van der Waals surface area contributed by atoms with Crippen LogP contribution in [0.2, 0.25) is 0 Å². The summed E-state index contributed by atoms with van der Waals surface area (Å²) in [5.41, 5.74) is 0. The molecule has 0 aromatic carbocycles. The van der Waals surface area contributed by atoms with E-state index < -0.39 is 0 Å². The van der Waals surface area contributed by atoms with Gasteiger partial charge in [0.15, 0.2) is 0 Å². The average Bonchev–Trinajstić information content (AvgIpc) is 2.38. The molecule has 1 saturated heterocycles. The molecule has 15 heavy (non-hydrogen) atoms. The van der Waals surface area contributed by atoms with Crippen LogP contribution in [0.3, 0.4) is 0 Å². The fourth-order valence-corrected chi connectivity index (χ4v) is 1.07. The number of nitrogens with zero attached hydrogens (tertiary/aromatic N) is 3. The smallest absolute Gasteiger partial charge is 0.668 e. The van der Waals surface area contributed by atoms with Gasteiger partial charge in [-0.1, -0.05) is 26.7 Å². The molecule has 0 saturated carbocycles. The number of hydrogen-bond acceptors (Lipinski definition) is 0. The van der Waals surface area contributed by atoms with E-state index in [1.165, 1.54) is 12.8 Å². The topological polar surface area (TPSA) is 42.3 Å². The molecule has 2 unspecified atom stereocenters. The predicted molar refractivity (Wildman–Crippen MR) is 68.3 cm³/mol. The molecule has 0 aromatic heterocycles. The summed E-state index contributed by atoms with van der Waals surface area (Å²) in [5.74, 6) is 0. The predicted octanol–water partition coefficient (Wildman–Crippen LogP) is 3.62. The minimum atomic E-state index is 0. The van der Waals surface area contributed by atoms with Crippen molar-refractivity contribution < 1.29 is 25.8 Å². The second kappa shape index (κ2) is 20.2. The standard InChI is InChI=1S/C6H12N.2C2H6N.CH3.Hf/c1-5-3-4-6(2)7-5;2*1-3-2;;/h5-6H,3-4H2,1-2H3;2*1-2H3;1H3;/q4*-1;+4. The Morgan fingerprint density at radius 2 is 1.07 bits per heavy atom. The molecule has 90 valence electrons. The van der Waals surface area contributed by atoms with Gasteiger partial charge in [-0.3, -0.25) is 0 Å². The van der Waals surface area contributed by atoms with Gasteiger partial charge in [-0.05, 0) is 0 Å². The van der Waals surface area contributed by atoms with Crippen LogP contribution in [0.25, 0.3) is 16.0 Å². The summed E-state index contributed by atoms with van der Waals surface area (Å²) < 4.78 is 0. The Bertz CT molecular complexity index is 81.9. The summed E-state index contributed by atoms with van der Waals surface area (Å²) in [6.07, 6.45) is 2.61. The first-order chi connectivity index (χ1) is 6.12. The molecule has 3 nitrogen and oxygen atoms in total. The minimum absolute atomic E-state index is 0. The van der Waals surface area contributed by atoms with Gasteiger partial charge in [0.05, 0.1) is 0 Å². The summed E-state index contributed by atoms with van der Waals surface area (Å²) in [4.78, 5) is 0. The van der Waals surface area contributed by atoms with E-state index >= 15 is 0 Å². The van der Waals surface area contributed by atoms with Gasteiger partial charge in [0.2, 0.25) is 0 Å². The molecule has 1 aliphatic heterocycles. The monoisotopic (exact) mass is 381 g/mol. The molecule has 1 aliphatic rings. The molecular weight excluding hydrogens is 353 g/mol. The Hall–Kier alpha value is 0.750. The normalized spacial score (nSPS) is 22.0. The molecule has 0 bridgehead atoms. The van der Waals surface area contributed by atoms with E-state index in [1.54, 1.807) is 28.2 Å². The molecule has 1 rings (SSSR count). The van der Waals surface area contributed by atoms with Crippen molar-refractivity contribution in [3.8, 4) is 0 Å². The van der Waals surface area contributed by atoms with E-state index in [0.717, 1.165) is 0 Å². The third kappa shape index (κ3) is 25.2. The van der Waals surface area contributed by atoms with Gasteiger partial charge in [-0.25, -0.2) is 0 Å². The first kappa shape index (κ1) is 24.8. The van der Waals surface area contributed by atoms with Crippen molar-refractivity contribution in [2.24, 2.45) is 0 Å². The Labute approximate surface area is 116 Å². The van der Waals surface area contributed by atoms with Crippen molar-refractivity contribution in [2.45, 2.75) is 38.8 Å². The molecule has 1 heterocycles. The molecule has 2 atom stereocenters. The minimum Gasteiger partial charge on any atom is -0.668 e. The molecule has 0 spiro atoms. The second-order valence-corrected chi connectivity index (χ2v) is 3.32. The largest absolute Gasteiger partial charge is 4.00 e. The van der Waals surface area contributed by atoms with Crippen LogP contribution in [0.4, 0.5) is 0 Å². The molecule has 0 N–H and O–H groups in total. The van der Waals surface area contributed by atoms with E-state index in [2.05, 4.69) is 29.8 Å². The van der Waals surface area contributed by atoms with E-state index in [0.29, 0.717) is 12.1 Å². The second-order valence-electron chi connectivity index (χ2n) is 3.32. The summed E-state index contributed by atoms with van der Waals surface area (Å²) in [5, 5.41) is 11.4. The van der Waals surface area contributed by atoms with Crippen LogP contribution in [-0.4, -0.2) is 40.3 Å². The average molecular weight is 380 g/mol. The van der Waals surface area contributed by atoms with Crippen molar-refractivity contribution in [3.63, 3.8) is 0 Å². The maximum absolute atomic E-state index is 4.39. The van der Waals surface area contributed by atoms with Crippen LogP contribution in [0, 0.1) is 7.43 Å². The summed E-state index contributed by atoms with van der Waals surface area (Å²) in [6, 6.07) is 1.30. The Morgan fingerprint density at radius 1 is 0.867 bits per heavy atom. The van der Waals surface area contributed by atoms with Gasteiger partial charge in [0.1, 0.15) is 0 Å². The zero-order chi connectivity index (χ0) is 10.7. The fourth-order valence-electron chi connectivity index (χ4n) is 1.07. The summed E-state index contributed by atoms with van der Waals surface area (Å²) >= 11 is 0. The van der Waals surface area contributed by atoms with Crippen LogP contribution in [-0.2, 0) is 25.8 Å². The van der Waals surface area contributed by atoms with Crippen molar-refractivity contribution in [1.29, 1.82) is 0 Å². The maximum atomic E-state index is 4.39. The third-order valence-electron chi connectivity index (χ3n) is 1.51. The Morgan fingerprint density at radius 3 is 1.13 bits per heavy atom. The molecule has 4 heteroatoms. The molecule has 0 amide bonds. The van der Waals surface area contributed by atoms with Crippen LogP contribution >= 0.6 is 0 Å². The van der Waals surface area contributed by atoms with Crippen LogP contribution in [0.5, 0.6) is 0 Å². The molecule has 0 aromatic rings.